The number of nitrogens with zero attached hydrogens (tertiary/aromatic N) is 3. The molecule has 0 radical (unpaired) electrons. The van der Waals surface area contributed by atoms with Crippen LogP contribution in [0.15, 0.2) is 53.7 Å². The van der Waals surface area contributed by atoms with E-state index in [0.29, 0.717) is 37.6 Å². The number of sulfonamides is 1. The van der Waals surface area contributed by atoms with Crippen LogP contribution in [0.4, 0.5) is 0 Å². The number of rotatable bonds is 5. The van der Waals surface area contributed by atoms with Crippen LogP contribution in [-0.2, 0) is 10.0 Å². The Kier molecular flexibility index (Phi) is 5.25. The van der Waals surface area contributed by atoms with Gasteiger partial charge in [0.25, 0.3) is 0 Å². The van der Waals surface area contributed by atoms with Crippen molar-refractivity contribution in [1.29, 1.82) is 0 Å². The summed E-state index contributed by atoms with van der Waals surface area (Å²) in [5.74, 6) is 0. The zero-order chi connectivity index (χ0) is 17.0. The van der Waals surface area contributed by atoms with E-state index < -0.39 is 10.0 Å². The van der Waals surface area contributed by atoms with Crippen molar-refractivity contribution in [3.63, 3.8) is 0 Å². The number of hydrogen-bond acceptors (Lipinski definition) is 5. The Labute approximate surface area is 142 Å². The van der Waals surface area contributed by atoms with E-state index in [1.165, 1.54) is 4.31 Å². The molecule has 2 aromatic rings. The van der Waals surface area contributed by atoms with Gasteiger partial charge in [0.2, 0.25) is 10.0 Å². The third-order valence-corrected chi connectivity index (χ3v) is 6.15. The van der Waals surface area contributed by atoms with Crippen molar-refractivity contribution >= 4 is 10.0 Å². The first-order valence-electron chi connectivity index (χ1n) is 7.95. The van der Waals surface area contributed by atoms with Crippen LogP contribution in [-0.4, -0.2) is 67.0 Å². The average Bonchev–Trinajstić information content (AvgIpc) is 2.63. The van der Waals surface area contributed by atoms with E-state index in [0.717, 1.165) is 11.1 Å². The molecule has 128 valence electrons. The van der Waals surface area contributed by atoms with E-state index in [4.69, 9.17) is 5.11 Å². The van der Waals surface area contributed by atoms with Crippen LogP contribution in [0.1, 0.15) is 0 Å². The van der Waals surface area contributed by atoms with Gasteiger partial charge in [0.1, 0.15) is 0 Å². The lowest BCUT2D eigenvalue weighted by atomic mass is 10.1. The van der Waals surface area contributed by atoms with Crippen molar-refractivity contribution in [3.05, 3.63) is 48.8 Å². The minimum atomic E-state index is -3.47. The number of β-amino-alcohol motifs (C(OH)–C–C–N with tert-alkyl or cyclic N) is 1. The first-order valence-corrected chi connectivity index (χ1v) is 9.39. The van der Waals surface area contributed by atoms with Gasteiger partial charge in [0.15, 0.2) is 0 Å². The van der Waals surface area contributed by atoms with Gasteiger partial charge in [-0.25, -0.2) is 8.42 Å². The molecule has 0 bridgehead atoms. The third-order valence-electron chi connectivity index (χ3n) is 4.23. The Bertz CT molecular complexity index is 755. The third kappa shape index (κ3) is 3.64. The molecular formula is C17H21N3O3S. The summed E-state index contributed by atoms with van der Waals surface area (Å²) < 4.78 is 27.0. The van der Waals surface area contributed by atoms with E-state index >= 15 is 0 Å². The number of hydrogen-bond donors (Lipinski definition) is 1. The monoisotopic (exact) mass is 347 g/mol. The van der Waals surface area contributed by atoms with Gasteiger partial charge in [-0.3, -0.25) is 9.88 Å². The first-order chi connectivity index (χ1) is 11.6. The molecule has 3 rings (SSSR count). The van der Waals surface area contributed by atoms with E-state index in [1.54, 1.807) is 24.5 Å². The second-order valence-electron chi connectivity index (χ2n) is 5.74. The first kappa shape index (κ1) is 17.0. The van der Waals surface area contributed by atoms with Crippen molar-refractivity contribution in [2.24, 2.45) is 0 Å². The molecule has 1 aromatic heterocycles. The van der Waals surface area contributed by atoms with Gasteiger partial charge >= 0.3 is 0 Å². The minimum absolute atomic E-state index is 0.0998. The molecular weight excluding hydrogens is 326 g/mol. The second kappa shape index (κ2) is 7.40. The Morgan fingerprint density at radius 1 is 1.00 bits per heavy atom. The zero-order valence-electron chi connectivity index (χ0n) is 13.4. The second-order valence-corrected chi connectivity index (χ2v) is 7.67. The fourth-order valence-corrected chi connectivity index (χ4v) is 4.26. The Morgan fingerprint density at radius 2 is 1.71 bits per heavy atom. The molecule has 1 aliphatic rings. The summed E-state index contributed by atoms with van der Waals surface area (Å²) in [6.07, 6.45) is 3.46. The van der Waals surface area contributed by atoms with Crippen LogP contribution < -0.4 is 0 Å². The van der Waals surface area contributed by atoms with E-state index in [9.17, 15) is 8.42 Å². The Morgan fingerprint density at radius 3 is 2.29 bits per heavy atom. The standard InChI is InChI=1S/C17H21N3O3S/c21-13-12-19-8-10-20(11-9-19)24(22,23)17-5-3-15(4-6-17)16-2-1-7-18-14-16/h1-7,14,21H,8-13H2. The van der Waals surface area contributed by atoms with Gasteiger partial charge in [-0.15, -0.1) is 0 Å². The molecule has 1 saturated heterocycles. The molecule has 2 heterocycles. The highest BCUT2D eigenvalue weighted by atomic mass is 32.2. The maximum Gasteiger partial charge on any atom is 0.243 e. The van der Waals surface area contributed by atoms with Gasteiger partial charge in [-0.1, -0.05) is 18.2 Å². The quantitative estimate of drug-likeness (QED) is 0.875. The summed E-state index contributed by atoms with van der Waals surface area (Å²) in [5.41, 5.74) is 1.90. The fraction of sp³-hybridized carbons (Fsp3) is 0.353. The molecule has 24 heavy (non-hydrogen) atoms. The lowest BCUT2D eigenvalue weighted by Gasteiger charge is -2.33. The van der Waals surface area contributed by atoms with Crippen LogP contribution in [0.5, 0.6) is 0 Å². The number of piperazine rings is 1. The van der Waals surface area contributed by atoms with Crippen LogP contribution in [0.3, 0.4) is 0 Å². The molecule has 0 aliphatic carbocycles. The number of benzene rings is 1. The lowest BCUT2D eigenvalue weighted by Crippen LogP contribution is -2.49. The van der Waals surface area contributed by atoms with E-state index in [1.807, 2.05) is 24.3 Å². The topological polar surface area (TPSA) is 73.7 Å². The summed E-state index contributed by atoms with van der Waals surface area (Å²) >= 11 is 0. The predicted molar refractivity (Wildman–Crippen MR) is 92.0 cm³/mol. The largest absolute Gasteiger partial charge is 0.395 e. The molecule has 1 aromatic carbocycles. The molecule has 1 fully saturated rings. The van der Waals surface area contributed by atoms with Gasteiger partial charge in [0.05, 0.1) is 11.5 Å². The number of aliphatic hydroxyl groups excluding tert-OH is 1. The van der Waals surface area contributed by atoms with Crippen molar-refractivity contribution in [2.45, 2.75) is 4.90 Å². The normalized spacial score (nSPS) is 17.0. The number of aliphatic hydroxyl groups is 1. The van der Waals surface area contributed by atoms with Crippen molar-refractivity contribution in [1.82, 2.24) is 14.2 Å². The van der Waals surface area contributed by atoms with Gasteiger partial charge in [0, 0.05) is 45.1 Å². The molecule has 7 heteroatoms. The van der Waals surface area contributed by atoms with Gasteiger partial charge in [-0.05, 0) is 29.3 Å². The van der Waals surface area contributed by atoms with Gasteiger partial charge < -0.3 is 5.11 Å². The zero-order valence-corrected chi connectivity index (χ0v) is 14.2. The van der Waals surface area contributed by atoms with Crippen molar-refractivity contribution in [2.75, 3.05) is 39.3 Å². The maximum atomic E-state index is 12.7. The predicted octanol–water partition coefficient (Wildman–Crippen LogP) is 1.05. The average molecular weight is 347 g/mol. The molecule has 1 aliphatic heterocycles. The van der Waals surface area contributed by atoms with Crippen LogP contribution >= 0.6 is 0 Å². The van der Waals surface area contributed by atoms with Crippen LogP contribution in [0.25, 0.3) is 11.1 Å². The lowest BCUT2D eigenvalue weighted by molar-refractivity contribution is 0.151. The Hall–Kier alpha value is -1.80. The van der Waals surface area contributed by atoms with Crippen LogP contribution in [0, 0.1) is 0 Å². The number of aromatic nitrogens is 1. The van der Waals surface area contributed by atoms with Crippen LogP contribution in [0.2, 0.25) is 0 Å². The molecule has 0 atom stereocenters. The molecule has 0 saturated carbocycles. The summed E-state index contributed by atoms with van der Waals surface area (Å²) in [7, 11) is -3.47. The SMILES string of the molecule is O=S(=O)(c1ccc(-c2cccnc2)cc1)N1CCN(CCO)CC1. The Balaban J connectivity index is 1.74. The fourth-order valence-electron chi connectivity index (χ4n) is 2.84. The summed E-state index contributed by atoms with van der Waals surface area (Å²) in [6.45, 7) is 2.89. The van der Waals surface area contributed by atoms with Crippen molar-refractivity contribution in [3.8, 4) is 11.1 Å². The van der Waals surface area contributed by atoms with Crippen molar-refractivity contribution < 1.29 is 13.5 Å². The van der Waals surface area contributed by atoms with Gasteiger partial charge in [-0.2, -0.15) is 4.31 Å². The minimum Gasteiger partial charge on any atom is -0.395 e. The maximum absolute atomic E-state index is 12.7. The van der Waals surface area contributed by atoms with E-state index in [-0.39, 0.29) is 6.61 Å². The molecule has 6 nitrogen and oxygen atoms in total. The number of pyridine rings is 1. The highest BCUT2D eigenvalue weighted by Gasteiger charge is 2.28. The highest BCUT2D eigenvalue weighted by Crippen LogP contribution is 2.23. The molecule has 0 spiro atoms. The smallest absolute Gasteiger partial charge is 0.243 e. The molecule has 1 N–H and O–H groups in total. The summed E-state index contributed by atoms with van der Waals surface area (Å²) in [4.78, 5) is 6.46. The summed E-state index contributed by atoms with van der Waals surface area (Å²) in [6, 6.07) is 10.7. The summed E-state index contributed by atoms with van der Waals surface area (Å²) in [5, 5.41) is 8.96. The highest BCUT2D eigenvalue weighted by molar-refractivity contribution is 7.89. The molecule has 0 amide bonds. The molecule has 0 unspecified atom stereocenters. The van der Waals surface area contributed by atoms with E-state index in [2.05, 4.69) is 9.88 Å².